The fraction of sp³-hybridized carbons (Fsp3) is 0.500. The summed E-state index contributed by atoms with van der Waals surface area (Å²) in [5.41, 5.74) is 2.87. The molecule has 0 spiro atoms. The predicted molar refractivity (Wildman–Crippen MR) is 122 cm³/mol. The highest BCUT2D eigenvalue weighted by Crippen LogP contribution is 2.48. The standard InChI is InChI=1S/C26H31F2N3O/c27-19-6-5-7-21(16-19)31-24-10-9-20(28)17-22(24)23-18-29(15-11-25(23)31)12-3-4-14-30-13-2-1-8-26(30)32/h5-7,9-10,16-17,23,25H,1-4,8,11-15,18H2/t23-,25+/m0/s1. The van der Waals surface area contributed by atoms with Crippen molar-refractivity contribution in [3.8, 4) is 0 Å². The van der Waals surface area contributed by atoms with Crippen LogP contribution < -0.4 is 4.90 Å². The van der Waals surface area contributed by atoms with Crippen molar-refractivity contribution in [3.05, 3.63) is 59.7 Å². The highest BCUT2D eigenvalue weighted by Gasteiger charge is 2.42. The zero-order valence-corrected chi connectivity index (χ0v) is 18.5. The summed E-state index contributed by atoms with van der Waals surface area (Å²) in [5.74, 6) is 0.0478. The van der Waals surface area contributed by atoms with E-state index >= 15 is 0 Å². The lowest BCUT2D eigenvalue weighted by atomic mass is 9.89. The number of rotatable bonds is 6. The molecule has 2 saturated heterocycles. The maximum atomic E-state index is 14.1. The largest absolute Gasteiger partial charge is 0.343 e. The Morgan fingerprint density at radius 1 is 0.938 bits per heavy atom. The van der Waals surface area contributed by atoms with Crippen molar-refractivity contribution in [1.82, 2.24) is 9.80 Å². The Kier molecular flexibility index (Phi) is 6.13. The number of hydrogen-bond acceptors (Lipinski definition) is 3. The van der Waals surface area contributed by atoms with Gasteiger partial charge in [-0.3, -0.25) is 4.79 Å². The number of unbranched alkanes of at least 4 members (excludes halogenated alkanes) is 1. The molecule has 1 amide bonds. The van der Waals surface area contributed by atoms with E-state index in [-0.39, 0.29) is 23.6 Å². The number of anilines is 2. The maximum Gasteiger partial charge on any atom is 0.222 e. The fourth-order valence-corrected chi connectivity index (χ4v) is 5.74. The Hall–Kier alpha value is -2.47. The molecule has 0 aliphatic carbocycles. The van der Waals surface area contributed by atoms with Gasteiger partial charge in [-0.25, -0.2) is 8.78 Å². The molecule has 3 aliphatic rings. The first kappa shape index (κ1) is 21.4. The molecule has 0 saturated carbocycles. The highest BCUT2D eigenvalue weighted by molar-refractivity contribution is 5.76. The quantitative estimate of drug-likeness (QED) is 0.588. The van der Waals surface area contributed by atoms with Gasteiger partial charge in [0.2, 0.25) is 5.91 Å². The van der Waals surface area contributed by atoms with Crippen molar-refractivity contribution in [2.75, 3.05) is 37.6 Å². The van der Waals surface area contributed by atoms with Crippen LogP contribution in [-0.2, 0) is 4.79 Å². The number of nitrogens with zero attached hydrogens (tertiary/aromatic N) is 3. The molecule has 5 rings (SSSR count). The summed E-state index contributed by atoms with van der Waals surface area (Å²) in [6.45, 7) is 4.63. The first-order chi connectivity index (χ1) is 15.6. The molecule has 0 bridgehead atoms. The molecule has 4 nitrogen and oxygen atoms in total. The van der Waals surface area contributed by atoms with Crippen LogP contribution in [0.4, 0.5) is 20.2 Å². The van der Waals surface area contributed by atoms with Crippen LogP contribution in [0.5, 0.6) is 0 Å². The third-order valence-corrected chi connectivity index (χ3v) is 7.30. The molecule has 0 unspecified atom stereocenters. The van der Waals surface area contributed by atoms with Gasteiger partial charge in [0.25, 0.3) is 0 Å². The van der Waals surface area contributed by atoms with Crippen molar-refractivity contribution in [1.29, 1.82) is 0 Å². The SMILES string of the molecule is O=C1CCCCN1CCCCN1CC[C@@H]2[C@@H](C1)c1cc(F)ccc1N2c1cccc(F)c1. The summed E-state index contributed by atoms with van der Waals surface area (Å²) in [5, 5.41) is 0. The minimum absolute atomic E-state index is 0.210. The number of likely N-dealkylation sites (tertiary alicyclic amines) is 2. The van der Waals surface area contributed by atoms with E-state index in [9.17, 15) is 13.6 Å². The first-order valence-electron chi connectivity index (χ1n) is 11.9. The third-order valence-electron chi connectivity index (χ3n) is 7.30. The molecule has 2 fully saturated rings. The van der Waals surface area contributed by atoms with Crippen LogP contribution in [0.15, 0.2) is 42.5 Å². The Morgan fingerprint density at radius 3 is 2.62 bits per heavy atom. The van der Waals surface area contributed by atoms with Crippen molar-refractivity contribution in [2.45, 2.75) is 50.5 Å². The number of amides is 1. The van der Waals surface area contributed by atoms with Crippen LogP contribution in [0.2, 0.25) is 0 Å². The predicted octanol–water partition coefficient (Wildman–Crippen LogP) is 5.07. The van der Waals surface area contributed by atoms with Crippen molar-refractivity contribution in [3.63, 3.8) is 0 Å². The first-order valence-corrected chi connectivity index (χ1v) is 11.9. The molecule has 0 N–H and O–H groups in total. The van der Waals surface area contributed by atoms with Gasteiger partial charge in [-0.2, -0.15) is 0 Å². The number of hydrogen-bond donors (Lipinski definition) is 0. The molecule has 2 aromatic rings. The van der Waals surface area contributed by atoms with E-state index in [1.807, 2.05) is 17.0 Å². The Labute approximate surface area is 188 Å². The number of benzene rings is 2. The lowest BCUT2D eigenvalue weighted by Gasteiger charge is -2.39. The number of halogens is 2. The Bertz CT molecular complexity index is 981. The van der Waals surface area contributed by atoms with Crippen LogP contribution in [0.25, 0.3) is 0 Å². The topological polar surface area (TPSA) is 26.8 Å². The number of carbonyl (C=O) groups is 1. The minimum Gasteiger partial charge on any atom is -0.343 e. The molecule has 0 radical (unpaired) electrons. The van der Waals surface area contributed by atoms with Gasteiger partial charge in [-0.1, -0.05) is 6.07 Å². The number of piperidine rings is 2. The molecule has 0 aromatic heterocycles. The molecule has 3 heterocycles. The van der Waals surface area contributed by atoms with Gasteiger partial charge in [-0.05, 0) is 80.6 Å². The lowest BCUT2D eigenvalue weighted by molar-refractivity contribution is -0.133. The van der Waals surface area contributed by atoms with Gasteiger partial charge in [0.15, 0.2) is 0 Å². The van der Waals surface area contributed by atoms with Gasteiger partial charge < -0.3 is 14.7 Å². The maximum absolute atomic E-state index is 14.1. The minimum atomic E-state index is -0.251. The Balaban J connectivity index is 1.25. The lowest BCUT2D eigenvalue weighted by Crippen LogP contribution is -2.45. The van der Waals surface area contributed by atoms with Crippen LogP contribution in [-0.4, -0.2) is 54.5 Å². The molecular weight excluding hydrogens is 408 g/mol. The monoisotopic (exact) mass is 439 g/mol. The molecule has 3 aliphatic heterocycles. The summed E-state index contributed by atoms with van der Waals surface area (Å²) >= 11 is 0. The van der Waals surface area contributed by atoms with Crippen LogP contribution in [0.1, 0.15) is 50.0 Å². The summed E-state index contributed by atoms with van der Waals surface area (Å²) in [7, 11) is 0. The van der Waals surface area contributed by atoms with Crippen LogP contribution >= 0.6 is 0 Å². The molecule has 2 atom stereocenters. The van der Waals surface area contributed by atoms with Crippen molar-refractivity contribution in [2.24, 2.45) is 0 Å². The van der Waals surface area contributed by atoms with Crippen molar-refractivity contribution >= 4 is 17.3 Å². The van der Waals surface area contributed by atoms with Gasteiger partial charge in [0.05, 0.1) is 0 Å². The highest BCUT2D eigenvalue weighted by atomic mass is 19.1. The average molecular weight is 440 g/mol. The van der Waals surface area contributed by atoms with Crippen LogP contribution in [0.3, 0.4) is 0 Å². The molecule has 32 heavy (non-hydrogen) atoms. The molecular formula is C26H31F2N3O. The van der Waals surface area contributed by atoms with E-state index in [1.165, 1.54) is 12.1 Å². The van der Waals surface area contributed by atoms with Gasteiger partial charge in [0, 0.05) is 55.9 Å². The van der Waals surface area contributed by atoms with Crippen molar-refractivity contribution < 1.29 is 13.6 Å². The van der Waals surface area contributed by atoms with E-state index in [0.29, 0.717) is 12.3 Å². The van der Waals surface area contributed by atoms with Gasteiger partial charge >= 0.3 is 0 Å². The fourth-order valence-electron chi connectivity index (χ4n) is 5.74. The average Bonchev–Trinajstić information content (AvgIpc) is 3.11. The van der Waals surface area contributed by atoms with E-state index in [0.717, 1.165) is 81.8 Å². The molecule has 170 valence electrons. The molecule has 2 aromatic carbocycles. The number of carbonyl (C=O) groups excluding carboxylic acids is 1. The van der Waals surface area contributed by atoms with E-state index < -0.39 is 0 Å². The van der Waals surface area contributed by atoms with Crippen LogP contribution in [0, 0.1) is 11.6 Å². The Morgan fingerprint density at radius 2 is 1.78 bits per heavy atom. The zero-order valence-electron chi connectivity index (χ0n) is 18.5. The van der Waals surface area contributed by atoms with Gasteiger partial charge in [-0.15, -0.1) is 0 Å². The third kappa shape index (κ3) is 4.25. The molecule has 6 heteroatoms. The number of fused-ring (bicyclic) bond motifs is 3. The normalized spacial score (nSPS) is 23.4. The summed E-state index contributed by atoms with van der Waals surface area (Å²) in [4.78, 5) is 18.7. The summed E-state index contributed by atoms with van der Waals surface area (Å²) < 4.78 is 28.1. The second-order valence-electron chi connectivity index (χ2n) is 9.36. The van der Waals surface area contributed by atoms with E-state index in [2.05, 4.69) is 9.80 Å². The van der Waals surface area contributed by atoms with E-state index in [4.69, 9.17) is 0 Å². The zero-order chi connectivity index (χ0) is 22.1. The smallest absolute Gasteiger partial charge is 0.222 e. The second-order valence-corrected chi connectivity index (χ2v) is 9.36. The summed E-state index contributed by atoms with van der Waals surface area (Å²) in [6.07, 6.45) is 5.90. The van der Waals surface area contributed by atoms with Gasteiger partial charge in [0.1, 0.15) is 11.6 Å². The second kappa shape index (κ2) is 9.18. The summed E-state index contributed by atoms with van der Waals surface area (Å²) in [6, 6.07) is 11.9. The van der Waals surface area contributed by atoms with E-state index in [1.54, 1.807) is 18.2 Å².